The van der Waals surface area contributed by atoms with Crippen LogP contribution in [0.15, 0.2) is 0 Å². The third-order valence-electron chi connectivity index (χ3n) is 3.77. The summed E-state index contributed by atoms with van der Waals surface area (Å²) in [5, 5.41) is 2.92. The number of hydrogen-bond donors (Lipinski definition) is 2. The first-order valence-electron chi connectivity index (χ1n) is 7.43. The lowest BCUT2D eigenvalue weighted by Crippen LogP contribution is -2.57. The number of nitrogens with one attached hydrogen (secondary N) is 1. The lowest BCUT2D eigenvalue weighted by Gasteiger charge is -2.35. The molecule has 0 aromatic heterocycles. The summed E-state index contributed by atoms with van der Waals surface area (Å²) in [5.74, 6) is -0.252. The van der Waals surface area contributed by atoms with Crippen LogP contribution < -0.4 is 11.1 Å². The average Bonchev–Trinajstić information content (AvgIpc) is 2.37. The summed E-state index contributed by atoms with van der Waals surface area (Å²) in [4.78, 5) is 12.3. The van der Waals surface area contributed by atoms with Crippen LogP contribution in [-0.4, -0.2) is 36.1 Å². The Bertz CT molecular complexity index is 346. The van der Waals surface area contributed by atoms with Gasteiger partial charge in [-0.2, -0.15) is 0 Å². The van der Waals surface area contributed by atoms with Gasteiger partial charge in [0.2, 0.25) is 5.91 Å². The van der Waals surface area contributed by atoms with Crippen molar-refractivity contribution in [2.45, 2.75) is 63.3 Å². The third kappa shape index (κ3) is 6.65. The Morgan fingerprint density at radius 2 is 1.81 bits per heavy atom. The summed E-state index contributed by atoms with van der Waals surface area (Å²) in [6.07, 6.45) is 4.37. The maximum atomic E-state index is 12.0. The number of halogens is 2. The highest BCUT2D eigenvalue weighted by atomic mass is 32.1. The first-order chi connectivity index (χ1) is 9.96. The van der Waals surface area contributed by atoms with Gasteiger partial charge in [0.25, 0.3) is 6.43 Å². The number of carbonyl (C=O) groups is 1. The van der Waals surface area contributed by atoms with Crippen molar-refractivity contribution in [1.29, 1.82) is 0 Å². The quantitative estimate of drug-likeness (QED) is 0.558. The number of ether oxygens (including phenoxy) is 1. The van der Waals surface area contributed by atoms with Crippen molar-refractivity contribution >= 4 is 23.1 Å². The zero-order chi connectivity index (χ0) is 15.7. The molecule has 0 unspecified atom stereocenters. The van der Waals surface area contributed by atoms with E-state index in [2.05, 4.69) is 5.32 Å². The number of alkyl halides is 2. The van der Waals surface area contributed by atoms with E-state index in [9.17, 15) is 13.6 Å². The smallest absolute Gasteiger partial charge is 0.261 e. The van der Waals surface area contributed by atoms with Crippen LogP contribution in [0, 0.1) is 0 Å². The fraction of sp³-hybridized carbons (Fsp3) is 0.857. The Balaban J connectivity index is 2.48. The molecule has 122 valence electrons. The van der Waals surface area contributed by atoms with Crippen LogP contribution in [0.25, 0.3) is 0 Å². The second-order valence-electron chi connectivity index (χ2n) is 5.48. The van der Waals surface area contributed by atoms with E-state index in [1.807, 2.05) is 0 Å². The molecule has 0 heterocycles. The molecule has 0 aromatic rings. The molecule has 21 heavy (non-hydrogen) atoms. The monoisotopic (exact) mass is 322 g/mol. The molecule has 3 N–H and O–H groups in total. The zero-order valence-corrected chi connectivity index (χ0v) is 13.0. The molecule has 1 saturated carbocycles. The van der Waals surface area contributed by atoms with Gasteiger partial charge in [-0.15, -0.1) is 0 Å². The summed E-state index contributed by atoms with van der Waals surface area (Å²) in [6.45, 7) is -0.669. The second-order valence-corrected chi connectivity index (χ2v) is 5.92. The Morgan fingerprint density at radius 1 is 1.24 bits per heavy atom. The average molecular weight is 322 g/mol. The van der Waals surface area contributed by atoms with Gasteiger partial charge in [-0.1, -0.05) is 44.3 Å². The Hall–Kier alpha value is -0.820. The van der Waals surface area contributed by atoms with Crippen LogP contribution in [-0.2, 0) is 9.53 Å². The van der Waals surface area contributed by atoms with Crippen LogP contribution in [0.3, 0.4) is 0 Å². The van der Waals surface area contributed by atoms with Crippen molar-refractivity contribution in [3.05, 3.63) is 0 Å². The van der Waals surface area contributed by atoms with Gasteiger partial charge in [0.15, 0.2) is 0 Å². The van der Waals surface area contributed by atoms with Gasteiger partial charge in [-0.3, -0.25) is 4.79 Å². The van der Waals surface area contributed by atoms with Crippen molar-refractivity contribution in [2.24, 2.45) is 5.73 Å². The third-order valence-corrected chi connectivity index (χ3v) is 4.17. The minimum Gasteiger partial charge on any atom is -0.391 e. The van der Waals surface area contributed by atoms with Gasteiger partial charge in [0.1, 0.15) is 6.61 Å². The summed E-state index contributed by atoms with van der Waals surface area (Å²) < 4.78 is 28.6. The predicted octanol–water partition coefficient (Wildman–Crippen LogP) is 2.54. The Morgan fingerprint density at radius 3 is 2.33 bits per heavy atom. The number of thiocarbonyl (C=S) groups is 1. The minimum atomic E-state index is -2.51. The van der Waals surface area contributed by atoms with Crippen LogP contribution in [0.1, 0.15) is 51.4 Å². The summed E-state index contributed by atoms with van der Waals surface area (Å²) in [7, 11) is 0. The van der Waals surface area contributed by atoms with E-state index in [0.29, 0.717) is 4.99 Å². The molecule has 1 aliphatic carbocycles. The molecule has 4 nitrogen and oxygen atoms in total. The fourth-order valence-corrected chi connectivity index (χ4v) is 2.86. The van der Waals surface area contributed by atoms with Crippen LogP contribution in [0.4, 0.5) is 8.78 Å². The molecule has 0 aliphatic heterocycles. The maximum Gasteiger partial charge on any atom is 0.261 e. The van der Waals surface area contributed by atoms with E-state index in [1.54, 1.807) is 0 Å². The Kier molecular flexibility index (Phi) is 8.03. The highest BCUT2D eigenvalue weighted by molar-refractivity contribution is 7.80. The molecule has 0 bridgehead atoms. The standard InChI is InChI=1S/C14H24F2N2O2S/c15-11(16)10-20-9-6-12(19)18-14(13(17)21)7-4-2-1-3-5-8-14/h11H,1-10H2,(H2,17,21)(H,18,19). The van der Waals surface area contributed by atoms with Crippen LogP contribution >= 0.6 is 12.2 Å². The van der Waals surface area contributed by atoms with Crippen molar-refractivity contribution in [3.8, 4) is 0 Å². The van der Waals surface area contributed by atoms with Crippen molar-refractivity contribution in [1.82, 2.24) is 5.32 Å². The minimum absolute atomic E-state index is 0.0242. The molecule has 7 heteroatoms. The zero-order valence-electron chi connectivity index (χ0n) is 12.2. The molecular weight excluding hydrogens is 298 g/mol. The summed E-state index contributed by atoms with van der Waals surface area (Å²) in [5.41, 5.74) is 5.22. The maximum absolute atomic E-state index is 12.0. The van der Waals surface area contributed by atoms with E-state index < -0.39 is 18.6 Å². The van der Waals surface area contributed by atoms with E-state index in [-0.39, 0.29) is 18.9 Å². The van der Waals surface area contributed by atoms with Gasteiger partial charge in [0, 0.05) is 6.42 Å². The summed E-state index contributed by atoms with van der Waals surface area (Å²) >= 11 is 5.15. The van der Waals surface area contributed by atoms with E-state index >= 15 is 0 Å². The largest absolute Gasteiger partial charge is 0.391 e. The van der Waals surface area contributed by atoms with E-state index in [1.165, 1.54) is 6.42 Å². The molecule has 0 atom stereocenters. The van der Waals surface area contributed by atoms with Crippen molar-refractivity contribution in [2.75, 3.05) is 13.2 Å². The van der Waals surface area contributed by atoms with Gasteiger partial charge >= 0.3 is 0 Å². The summed E-state index contributed by atoms with van der Waals surface area (Å²) in [6, 6.07) is 0. The predicted molar refractivity (Wildman–Crippen MR) is 81.4 cm³/mol. The first-order valence-corrected chi connectivity index (χ1v) is 7.84. The number of rotatable bonds is 7. The lowest BCUT2D eigenvalue weighted by atomic mass is 9.83. The molecule has 1 fully saturated rings. The fourth-order valence-electron chi connectivity index (χ4n) is 2.61. The SMILES string of the molecule is NC(=S)C1(NC(=O)CCOCC(F)F)CCCCCCC1. The van der Waals surface area contributed by atoms with Gasteiger partial charge < -0.3 is 15.8 Å². The number of hydrogen-bond acceptors (Lipinski definition) is 3. The molecule has 0 saturated heterocycles. The lowest BCUT2D eigenvalue weighted by molar-refractivity contribution is -0.124. The molecule has 1 aliphatic rings. The first kappa shape index (κ1) is 18.2. The molecule has 0 radical (unpaired) electrons. The normalized spacial score (nSPS) is 18.8. The van der Waals surface area contributed by atoms with Crippen molar-refractivity contribution in [3.63, 3.8) is 0 Å². The van der Waals surface area contributed by atoms with Crippen LogP contribution in [0.5, 0.6) is 0 Å². The highest BCUT2D eigenvalue weighted by Gasteiger charge is 2.34. The van der Waals surface area contributed by atoms with E-state index in [0.717, 1.165) is 38.5 Å². The molecule has 1 amide bonds. The van der Waals surface area contributed by atoms with E-state index in [4.69, 9.17) is 22.7 Å². The molecule has 1 rings (SSSR count). The number of nitrogens with two attached hydrogens (primary N) is 1. The Labute approximate surface area is 129 Å². The van der Waals surface area contributed by atoms with Gasteiger partial charge in [-0.05, 0) is 12.8 Å². The van der Waals surface area contributed by atoms with Crippen LogP contribution in [0.2, 0.25) is 0 Å². The topological polar surface area (TPSA) is 64.3 Å². The molecular formula is C14H24F2N2O2S. The second kappa shape index (κ2) is 9.25. The van der Waals surface area contributed by atoms with Crippen molar-refractivity contribution < 1.29 is 18.3 Å². The highest BCUT2D eigenvalue weighted by Crippen LogP contribution is 2.27. The number of carbonyl (C=O) groups excluding carboxylic acids is 1. The molecule has 0 aromatic carbocycles. The molecule has 0 spiro atoms. The van der Waals surface area contributed by atoms with Gasteiger partial charge in [-0.25, -0.2) is 8.78 Å². The van der Waals surface area contributed by atoms with Gasteiger partial charge in [0.05, 0.1) is 17.1 Å². The number of amides is 1.